The maximum Gasteiger partial charge on any atom is 0.243 e. The Bertz CT molecular complexity index is 1170. The van der Waals surface area contributed by atoms with Crippen molar-refractivity contribution in [1.82, 2.24) is 20.3 Å². The Balaban J connectivity index is 1.94. The van der Waals surface area contributed by atoms with Crippen LogP contribution in [0.1, 0.15) is 19.8 Å². The van der Waals surface area contributed by atoms with Crippen LogP contribution in [0.3, 0.4) is 0 Å². The summed E-state index contributed by atoms with van der Waals surface area (Å²) >= 11 is 0. The molecule has 11 heteroatoms. The van der Waals surface area contributed by atoms with Gasteiger partial charge in [-0.2, -0.15) is 0 Å². The predicted molar refractivity (Wildman–Crippen MR) is 130 cm³/mol. The van der Waals surface area contributed by atoms with Gasteiger partial charge in [0.15, 0.2) is 11.5 Å². The Kier molecular flexibility index (Phi) is 8.49. The van der Waals surface area contributed by atoms with Crippen LogP contribution in [0.2, 0.25) is 0 Å². The maximum absolute atomic E-state index is 12.4. The van der Waals surface area contributed by atoms with Crippen molar-refractivity contribution in [2.45, 2.75) is 19.8 Å². The van der Waals surface area contributed by atoms with Crippen LogP contribution in [0.4, 0.5) is 5.69 Å². The number of nitrogens with one attached hydrogen (secondary N) is 2. The highest BCUT2D eigenvalue weighted by atomic mass is 16.5. The lowest BCUT2D eigenvalue weighted by Crippen LogP contribution is -2.32. The number of anilines is 1. The molecule has 0 saturated heterocycles. The molecule has 11 nitrogen and oxygen atoms in total. The summed E-state index contributed by atoms with van der Waals surface area (Å²) in [7, 11) is 6.11. The van der Waals surface area contributed by atoms with Crippen LogP contribution in [0, 0.1) is 0 Å². The van der Waals surface area contributed by atoms with E-state index in [0.717, 1.165) is 5.56 Å². The summed E-state index contributed by atoms with van der Waals surface area (Å²) in [5.41, 5.74) is 2.44. The third-order valence-corrected chi connectivity index (χ3v) is 5.14. The molecule has 3 rings (SSSR count). The first kappa shape index (κ1) is 25.3. The van der Waals surface area contributed by atoms with E-state index in [2.05, 4.69) is 20.9 Å². The average Bonchev–Trinajstić information content (AvgIpc) is 3.36. The fourth-order valence-electron chi connectivity index (χ4n) is 3.47. The number of carbonyl (C=O) groups excluding carboxylic acids is 2. The number of benzene rings is 2. The summed E-state index contributed by atoms with van der Waals surface area (Å²) < 4.78 is 23.3. The van der Waals surface area contributed by atoms with Gasteiger partial charge in [-0.25, -0.2) is 4.68 Å². The molecule has 2 N–H and O–H groups in total. The van der Waals surface area contributed by atoms with Crippen LogP contribution >= 0.6 is 0 Å². The van der Waals surface area contributed by atoms with Crippen molar-refractivity contribution in [2.24, 2.45) is 0 Å². The molecule has 0 unspecified atom stereocenters. The summed E-state index contributed by atoms with van der Waals surface area (Å²) in [5.74, 6) is 1.31. The molecule has 1 heterocycles. The predicted octanol–water partition coefficient (Wildman–Crippen LogP) is 2.82. The van der Waals surface area contributed by atoms with E-state index in [0.29, 0.717) is 52.9 Å². The van der Waals surface area contributed by atoms with Crippen LogP contribution in [0.15, 0.2) is 36.5 Å². The smallest absolute Gasteiger partial charge is 0.243 e. The number of hydrogen-bond acceptors (Lipinski definition) is 8. The lowest BCUT2D eigenvalue weighted by atomic mass is 10.1. The van der Waals surface area contributed by atoms with E-state index in [1.807, 2.05) is 13.0 Å². The number of amides is 2. The molecule has 0 aliphatic carbocycles. The normalized spacial score (nSPS) is 10.4. The van der Waals surface area contributed by atoms with Crippen molar-refractivity contribution in [2.75, 3.05) is 40.3 Å². The fraction of sp³-hybridized carbons (Fsp3) is 0.333. The third-order valence-electron chi connectivity index (χ3n) is 5.14. The summed E-state index contributed by atoms with van der Waals surface area (Å²) in [6.45, 7) is 1.75. The van der Waals surface area contributed by atoms with Crippen LogP contribution in [0.25, 0.3) is 16.9 Å². The lowest BCUT2D eigenvalue weighted by Gasteiger charge is -2.16. The minimum absolute atomic E-state index is 0.142. The van der Waals surface area contributed by atoms with Gasteiger partial charge in [-0.1, -0.05) is 12.1 Å². The quantitative estimate of drug-likeness (QED) is 0.426. The minimum atomic E-state index is -0.374. The third kappa shape index (κ3) is 5.81. The molecule has 186 valence electrons. The van der Waals surface area contributed by atoms with Gasteiger partial charge in [0.05, 0.1) is 58.2 Å². The summed E-state index contributed by atoms with van der Waals surface area (Å²) in [6.07, 6.45) is 2.67. The van der Waals surface area contributed by atoms with E-state index in [-0.39, 0.29) is 18.4 Å². The van der Waals surface area contributed by atoms with Gasteiger partial charge in [-0.3, -0.25) is 9.59 Å². The van der Waals surface area contributed by atoms with Crippen molar-refractivity contribution >= 4 is 17.5 Å². The molecule has 0 aliphatic heterocycles. The van der Waals surface area contributed by atoms with E-state index in [9.17, 15) is 9.59 Å². The Morgan fingerprint density at radius 3 is 2.20 bits per heavy atom. The Morgan fingerprint density at radius 1 is 0.914 bits per heavy atom. The van der Waals surface area contributed by atoms with Crippen molar-refractivity contribution in [3.63, 3.8) is 0 Å². The molecular weight excluding hydrogens is 454 g/mol. The molecule has 2 aromatic carbocycles. The summed E-state index contributed by atoms with van der Waals surface area (Å²) in [4.78, 5) is 24.1. The van der Waals surface area contributed by atoms with Crippen molar-refractivity contribution in [1.29, 1.82) is 0 Å². The largest absolute Gasteiger partial charge is 0.495 e. The molecule has 0 aliphatic rings. The fourth-order valence-corrected chi connectivity index (χ4v) is 3.47. The first-order valence-electron chi connectivity index (χ1n) is 10.9. The number of carbonyl (C=O) groups is 2. The van der Waals surface area contributed by atoms with Crippen LogP contribution in [-0.4, -0.2) is 61.8 Å². The number of methoxy groups -OCH3 is 4. The number of nitrogens with zero attached hydrogens (tertiary/aromatic N) is 3. The first-order chi connectivity index (χ1) is 16.9. The number of rotatable bonds is 11. The Hall–Kier alpha value is -4.28. The number of aromatic nitrogens is 3. The van der Waals surface area contributed by atoms with Gasteiger partial charge in [0.25, 0.3) is 0 Å². The second kappa shape index (κ2) is 11.7. The second-order valence-electron chi connectivity index (χ2n) is 7.40. The zero-order valence-electron chi connectivity index (χ0n) is 20.4. The van der Waals surface area contributed by atoms with Gasteiger partial charge in [0.2, 0.25) is 17.6 Å². The van der Waals surface area contributed by atoms with E-state index >= 15 is 0 Å². The van der Waals surface area contributed by atoms with Gasteiger partial charge in [0.1, 0.15) is 5.75 Å². The highest BCUT2D eigenvalue weighted by Gasteiger charge is 2.18. The zero-order chi connectivity index (χ0) is 25.4. The van der Waals surface area contributed by atoms with Gasteiger partial charge in [-0.15, -0.1) is 5.10 Å². The van der Waals surface area contributed by atoms with E-state index in [1.54, 1.807) is 35.1 Å². The number of hydrogen-bond donors (Lipinski definition) is 2. The molecule has 0 bridgehead atoms. The van der Waals surface area contributed by atoms with Crippen LogP contribution < -0.4 is 29.6 Å². The molecule has 1 aromatic heterocycles. The Labute approximate surface area is 203 Å². The van der Waals surface area contributed by atoms with E-state index < -0.39 is 0 Å². The zero-order valence-corrected chi connectivity index (χ0v) is 20.4. The molecule has 0 fully saturated rings. The maximum atomic E-state index is 12.4. The van der Waals surface area contributed by atoms with Crippen molar-refractivity contribution in [3.8, 4) is 39.9 Å². The lowest BCUT2D eigenvalue weighted by molar-refractivity contribution is -0.124. The molecular formula is C24H29N5O6. The molecule has 0 atom stereocenters. The standard InChI is InChI=1S/C24H29N5O6/c1-6-7-22(30)25-14-23(31)27-17-10-15(8-9-19(17)32-2)18-13-26-28-29(18)16-11-20(33-3)24(35-5)21(12-16)34-4/h8-13H,6-7,14H2,1-5H3,(H,25,30)(H,27,31). The molecule has 0 spiro atoms. The molecule has 3 aromatic rings. The average molecular weight is 484 g/mol. The van der Waals surface area contributed by atoms with Gasteiger partial charge in [-0.05, 0) is 24.6 Å². The van der Waals surface area contributed by atoms with Gasteiger partial charge >= 0.3 is 0 Å². The molecule has 0 radical (unpaired) electrons. The van der Waals surface area contributed by atoms with Crippen LogP contribution in [0.5, 0.6) is 23.0 Å². The highest BCUT2D eigenvalue weighted by Crippen LogP contribution is 2.40. The van der Waals surface area contributed by atoms with Crippen LogP contribution in [-0.2, 0) is 9.59 Å². The SMILES string of the molecule is CCCC(=O)NCC(=O)Nc1cc(-c2cnnn2-c2cc(OC)c(OC)c(OC)c2)ccc1OC. The monoisotopic (exact) mass is 483 g/mol. The van der Waals surface area contributed by atoms with Crippen molar-refractivity contribution < 1.29 is 28.5 Å². The van der Waals surface area contributed by atoms with Crippen molar-refractivity contribution in [3.05, 3.63) is 36.5 Å². The summed E-state index contributed by atoms with van der Waals surface area (Å²) in [5, 5.41) is 13.7. The molecule has 2 amide bonds. The van der Waals surface area contributed by atoms with Gasteiger partial charge in [0, 0.05) is 24.1 Å². The topological polar surface area (TPSA) is 126 Å². The number of ether oxygens (including phenoxy) is 4. The van der Waals surface area contributed by atoms with E-state index in [1.165, 1.54) is 28.4 Å². The van der Waals surface area contributed by atoms with E-state index in [4.69, 9.17) is 18.9 Å². The highest BCUT2D eigenvalue weighted by molar-refractivity contribution is 5.96. The molecule has 0 saturated carbocycles. The second-order valence-corrected chi connectivity index (χ2v) is 7.40. The minimum Gasteiger partial charge on any atom is -0.495 e. The van der Waals surface area contributed by atoms with Gasteiger partial charge < -0.3 is 29.6 Å². The molecule has 35 heavy (non-hydrogen) atoms. The Morgan fingerprint density at radius 2 is 1.60 bits per heavy atom. The summed E-state index contributed by atoms with van der Waals surface area (Å²) in [6, 6.07) is 8.81. The first-order valence-corrected chi connectivity index (χ1v) is 10.9.